The Morgan fingerprint density at radius 3 is 2.90 bits per heavy atom. The van der Waals surface area contributed by atoms with Gasteiger partial charge in [0.15, 0.2) is 0 Å². The zero-order valence-electron chi connectivity index (χ0n) is 11.0. The van der Waals surface area contributed by atoms with Crippen molar-refractivity contribution in [2.45, 2.75) is 31.9 Å². The molecule has 1 fully saturated rings. The first-order valence-electron chi connectivity index (χ1n) is 6.37. The number of aromatic carboxylic acids is 1. The zero-order chi connectivity index (χ0) is 14.7. The molecule has 7 nitrogen and oxygen atoms in total. The maximum Gasteiger partial charge on any atom is 0.342 e. The smallest absolute Gasteiger partial charge is 0.342 e. The van der Waals surface area contributed by atoms with Gasteiger partial charge in [0.2, 0.25) is 0 Å². The minimum absolute atomic E-state index is 0.148. The van der Waals surface area contributed by atoms with Crippen LogP contribution in [0.3, 0.4) is 0 Å². The minimum Gasteiger partial charge on any atom is -0.477 e. The molecule has 0 radical (unpaired) electrons. The van der Waals surface area contributed by atoms with Crippen LogP contribution < -0.4 is 5.32 Å². The highest BCUT2D eigenvalue weighted by atomic mass is 16.6. The number of rotatable bonds is 4. The van der Waals surface area contributed by atoms with Gasteiger partial charge in [-0.25, -0.2) is 4.79 Å². The Morgan fingerprint density at radius 1 is 1.55 bits per heavy atom. The van der Waals surface area contributed by atoms with Crippen LogP contribution in [0.2, 0.25) is 0 Å². The van der Waals surface area contributed by atoms with Gasteiger partial charge in [-0.1, -0.05) is 0 Å². The van der Waals surface area contributed by atoms with Gasteiger partial charge in [-0.05, 0) is 31.9 Å². The van der Waals surface area contributed by atoms with Crippen LogP contribution in [-0.4, -0.2) is 34.8 Å². The van der Waals surface area contributed by atoms with Crippen molar-refractivity contribution in [3.05, 3.63) is 33.9 Å². The van der Waals surface area contributed by atoms with Gasteiger partial charge in [0, 0.05) is 24.4 Å². The first kappa shape index (κ1) is 14.3. The van der Waals surface area contributed by atoms with Gasteiger partial charge in [0.05, 0.1) is 11.0 Å². The van der Waals surface area contributed by atoms with Crippen LogP contribution in [0.25, 0.3) is 0 Å². The van der Waals surface area contributed by atoms with Crippen LogP contribution in [0.4, 0.5) is 11.4 Å². The van der Waals surface area contributed by atoms with E-state index in [9.17, 15) is 14.9 Å². The first-order valence-corrected chi connectivity index (χ1v) is 6.37. The Kier molecular flexibility index (Phi) is 4.19. The van der Waals surface area contributed by atoms with Gasteiger partial charge >= 0.3 is 5.97 Å². The quantitative estimate of drug-likeness (QED) is 0.648. The Labute approximate surface area is 115 Å². The molecule has 1 aliphatic rings. The molecule has 2 N–H and O–H groups in total. The van der Waals surface area contributed by atoms with Gasteiger partial charge in [-0.15, -0.1) is 0 Å². The van der Waals surface area contributed by atoms with Crippen LogP contribution in [0.5, 0.6) is 0 Å². The molecule has 20 heavy (non-hydrogen) atoms. The summed E-state index contributed by atoms with van der Waals surface area (Å²) in [5, 5.41) is 23.0. The van der Waals surface area contributed by atoms with Gasteiger partial charge < -0.3 is 15.2 Å². The number of nitro benzene ring substituents is 1. The number of nitro groups is 1. The highest BCUT2D eigenvalue weighted by Crippen LogP contribution is 2.25. The Morgan fingerprint density at radius 2 is 2.30 bits per heavy atom. The summed E-state index contributed by atoms with van der Waals surface area (Å²) < 4.78 is 5.43. The average Bonchev–Trinajstić information content (AvgIpc) is 2.38. The van der Waals surface area contributed by atoms with Crippen LogP contribution in [-0.2, 0) is 4.74 Å². The number of hydrogen-bond acceptors (Lipinski definition) is 5. The van der Waals surface area contributed by atoms with Crippen molar-refractivity contribution >= 4 is 17.3 Å². The molecule has 0 spiro atoms. The second-order valence-electron chi connectivity index (χ2n) is 4.84. The van der Waals surface area contributed by atoms with E-state index in [1.54, 1.807) is 6.07 Å². The van der Waals surface area contributed by atoms with E-state index in [1.165, 1.54) is 12.1 Å². The van der Waals surface area contributed by atoms with Crippen molar-refractivity contribution in [3.63, 3.8) is 0 Å². The van der Waals surface area contributed by atoms with Crippen molar-refractivity contribution in [2.75, 3.05) is 11.9 Å². The van der Waals surface area contributed by atoms with E-state index in [0.717, 1.165) is 12.8 Å². The van der Waals surface area contributed by atoms with Gasteiger partial charge in [-0.2, -0.15) is 0 Å². The molecule has 1 aromatic rings. The summed E-state index contributed by atoms with van der Waals surface area (Å²) in [6.45, 7) is 2.62. The van der Waals surface area contributed by atoms with E-state index in [0.29, 0.717) is 12.3 Å². The van der Waals surface area contributed by atoms with Crippen LogP contribution in [0.1, 0.15) is 30.1 Å². The maximum absolute atomic E-state index is 10.9. The molecule has 2 unspecified atom stereocenters. The summed E-state index contributed by atoms with van der Waals surface area (Å²) in [7, 11) is 0. The molecule has 0 bridgehead atoms. The summed E-state index contributed by atoms with van der Waals surface area (Å²) in [6, 6.07) is 4.25. The number of carboxylic acids is 1. The SMILES string of the molecule is CC1CC(Nc2ccc(C(=O)O)c([N+](=O)[O-])c2)CCO1. The Hall–Kier alpha value is -2.15. The molecular weight excluding hydrogens is 264 g/mol. The normalized spacial score (nSPS) is 22.2. The van der Waals surface area contributed by atoms with Crippen molar-refractivity contribution in [1.82, 2.24) is 0 Å². The van der Waals surface area contributed by atoms with Gasteiger partial charge in [0.1, 0.15) is 5.56 Å². The first-order chi connectivity index (χ1) is 9.47. The van der Waals surface area contributed by atoms with Crippen LogP contribution in [0.15, 0.2) is 18.2 Å². The van der Waals surface area contributed by atoms with E-state index < -0.39 is 16.6 Å². The molecule has 2 rings (SSSR count). The average molecular weight is 280 g/mol. The molecule has 1 heterocycles. The lowest BCUT2D eigenvalue weighted by molar-refractivity contribution is -0.385. The second-order valence-corrected chi connectivity index (χ2v) is 4.84. The number of nitrogens with one attached hydrogen (secondary N) is 1. The third-order valence-electron chi connectivity index (χ3n) is 3.28. The van der Waals surface area contributed by atoms with E-state index in [4.69, 9.17) is 9.84 Å². The molecule has 0 aromatic heterocycles. The molecule has 0 saturated carbocycles. The third-order valence-corrected chi connectivity index (χ3v) is 3.28. The lowest BCUT2D eigenvalue weighted by Gasteiger charge is -2.28. The van der Waals surface area contributed by atoms with Crippen LogP contribution in [0, 0.1) is 10.1 Å². The maximum atomic E-state index is 10.9. The molecule has 0 aliphatic carbocycles. The molecular formula is C13H16N2O5. The lowest BCUT2D eigenvalue weighted by atomic mass is 10.0. The van der Waals surface area contributed by atoms with Crippen LogP contribution >= 0.6 is 0 Å². The fourth-order valence-corrected chi connectivity index (χ4v) is 2.32. The summed E-state index contributed by atoms with van der Waals surface area (Å²) >= 11 is 0. The number of nitrogens with zero attached hydrogens (tertiary/aromatic N) is 1. The largest absolute Gasteiger partial charge is 0.477 e. The molecule has 7 heteroatoms. The summed E-state index contributed by atoms with van der Waals surface area (Å²) in [4.78, 5) is 21.2. The predicted molar refractivity (Wildman–Crippen MR) is 72.1 cm³/mol. The Balaban J connectivity index is 2.18. The molecule has 1 aliphatic heterocycles. The predicted octanol–water partition coefficient (Wildman–Crippen LogP) is 2.27. The topological polar surface area (TPSA) is 102 Å². The molecule has 1 aromatic carbocycles. The van der Waals surface area contributed by atoms with Gasteiger partial charge in [0.25, 0.3) is 5.69 Å². The summed E-state index contributed by atoms with van der Waals surface area (Å²) in [5.41, 5.74) is -0.149. The Bertz CT molecular complexity index is 531. The number of benzene rings is 1. The van der Waals surface area contributed by atoms with E-state index in [2.05, 4.69) is 5.32 Å². The van der Waals surface area contributed by atoms with Gasteiger partial charge in [-0.3, -0.25) is 10.1 Å². The number of ether oxygens (including phenoxy) is 1. The number of hydrogen-bond donors (Lipinski definition) is 2. The second kappa shape index (κ2) is 5.87. The van der Waals surface area contributed by atoms with Crippen molar-refractivity contribution in [2.24, 2.45) is 0 Å². The van der Waals surface area contributed by atoms with Crippen molar-refractivity contribution < 1.29 is 19.6 Å². The lowest BCUT2D eigenvalue weighted by Crippen LogP contribution is -2.32. The summed E-state index contributed by atoms with van der Waals surface area (Å²) in [5.74, 6) is -1.30. The number of carboxylic acid groups (broad SMARTS) is 1. The molecule has 1 saturated heterocycles. The van der Waals surface area contributed by atoms with E-state index >= 15 is 0 Å². The standard InChI is InChI=1S/C13H16N2O5/c1-8-6-10(4-5-20-8)14-9-2-3-11(13(16)17)12(7-9)15(18)19/h2-3,7-8,10,14H,4-6H2,1H3,(H,16,17). The zero-order valence-corrected chi connectivity index (χ0v) is 11.0. The minimum atomic E-state index is -1.30. The fraction of sp³-hybridized carbons (Fsp3) is 0.462. The highest BCUT2D eigenvalue weighted by Gasteiger charge is 2.23. The molecule has 0 amide bonds. The van der Waals surface area contributed by atoms with Crippen molar-refractivity contribution in [1.29, 1.82) is 0 Å². The number of anilines is 1. The van der Waals surface area contributed by atoms with E-state index in [1.807, 2.05) is 6.92 Å². The monoisotopic (exact) mass is 280 g/mol. The molecule has 2 atom stereocenters. The van der Waals surface area contributed by atoms with Crippen molar-refractivity contribution in [3.8, 4) is 0 Å². The molecule has 108 valence electrons. The number of carbonyl (C=O) groups is 1. The summed E-state index contributed by atoms with van der Waals surface area (Å²) in [6.07, 6.45) is 1.78. The van der Waals surface area contributed by atoms with E-state index in [-0.39, 0.29) is 17.7 Å². The third kappa shape index (κ3) is 3.24. The highest BCUT2D eigenvalue weighted by molar-refractivity contribution is 5.93. The fourth-order valence-electron chi connectivity index (χ4n) is 2.32.